The van der Waals surface area contributed by atoms with Crippen LogP contribution >= 0.6 is 0 Å². The summed E-state index contributed by atoms with van der Waals surface area (Å²) >= 11 is 0. The molecule has 0 N–H and O–H groups in total. The monoisotopic (exact) mass is 313 g/mol. The molecule has 1 saturated heterocycles. The van der Waals surface area contributed by atoms with E-state index in [2.05, 4.69) is 4.90 Å². The number of halogens is 3. The van der Waals surface area contributed by atoms with Gasteiger partial charge in [0, 0.05) is 6.54 Å². The van der Waals surface area contributed by atoms with Crippen LogP contribution in [0, 0.1) is 0 Å². The Morgan fingerprint density at radius 2 is 1.64 bits per heavy atom. The van der Waals surface area contributed by atoms with Gasteiger partial charge in [-0.05, 0) is 55.0 Å². The summed E-state index contributed by atoms with van der Waals surface area (Å²) < 4.78 is 41.2. The minimum atomic E-state index is -4.28. The van der Waals surface area contributed by atoms with Crippen molar-refractivity contribution in [3.8, 4) is 0 Å². The zero-order valence-corrected chi connectivity index (χ0v) is 13.8. The Morgan fingerprint density at radius 3 is 2.14 bits per heavy atom. The molecule has 0 atom stereocenters. The van der Waals surface area contributed by atoms with Gasteiger partial charge in [0.15, 0.2) is 0 Å². The van der Waals surface area contributed by atoms with Gasteiger partial charge in [0.25, 0.3) is 0 Å². The summed E-state index contributed by atoms with van der Waals surface area (Å²) in [5.41, 5.74) is 1.37. The molecular weight excluding hydrogens is 287 g/mol. The van der Waals surface area contributed by atoms with E-state index in [1.165, 1.54) is 6.42 Å². The van der Waals surface area contributed by atoms with Gasteiger partial charge in [0.1, 0.15) is 0 Å². The fourth-order valence-corrected chi connectivity index (χ4v) is 3.50. The van der Waals surface area contributed by atoms with Crippen molar-refractivity contribution in [1.29, 1.82) is 0 Å². The molecule has 1 aromatic rings. The van der Waals surface area contributed by atoms with Crippen molar-refractivity contribution in [2.75, 3.05) is 13.1 Å². The molecule has 0 spiro atoms. The molecule has 0 unspecified atom stereocenters. The van der Waals surface area contributed by atoms with Gasteiger partial charge in [0.05, 0.1) is 5.56 Å². The van der Waals surface area contributed by atoms with Crippen LogP contribution in [0.3, 0.4) is 0 Å². The summed E-state index contributed by atoms with van der Waals surface area (Å²) in [7, 11) is 0. The van der Waals surface area contributed by atoms with E-state index in [0.717, 1.165) is 31.5 Å². The number of alkyl halides is 3. The van der Waals surface area contributed by atoms with Crippen LogP contribution < -0.4 is 0 Å². The lowest BCUT2D eigenvalue weighted by molar-refractivity contribution is -0.139. The molecule has 0 aliphatic carbocycles. The molecular formula is C18H26F3N. The number of likely N-dealkylation sites (tertiary alicyclic amines) is 1. The highest BCUT2D eigenvalue weighted by Gasteiger charge is 2.37. The van der Waals surface area contributed by atoms with Gasteiger partial charge in [-0.25, -0.2) is 0 Å². The number of hydrogen-bond acceptors (Lipinski definition) is 1. The Labute approximate surface area is 131 Å². The van der Waals surface area contributed by atoms with E-state index in [1.54, 1.807) is 6.07 Å². The molecule has 0 aromatic heterocycles. The zero-order chi connectivity index (χ0) is 16.3. The highest BCUT2D eigenvalue weighted by molar-refractivity contribution is 5.45. The van der Waals surface area contributed by atoms with E-state index in [9.17, 15) is 13.2 Å². The molecule has 0 saturated carbocycles. The highest BCUT2D eigenvalue weighted by atomic mass is 19.4. The van der Waals surface area contributed by atoms with Crippen molar-refractivity contribution < 1.29 is 13.2 Å². The minimum absolute atomic E-state index is 0.118. The van der Waals surface area contributed by atoms with Gasteiger partial charge in [-0.2, -0.15) is 13.2 Å². The van der Waals surface area contributed by atoms with Crippen LogP contribution in [-0.2, 0) is 19.1 Å². The maximum absolute atomic E-state index is 13.7. The highest BCUT2D eigenvalue weighted by Crippen LogP contribution is 2.40. The molecule has 2 rings (SSSR count). The number of piperidine rings is 1. The van der Waals surface area contributed by atoms with Crippen molar-refractivity contribution in [3.63, 3.8) is 0 Å². The molecule has 1 nitrogen and oxygen atoms in total. The summed E-state index contributed by atoms with van der Waals surface area (Å²) in [4.78, 5) is 2.16. The van der Waals surface area contributed by atoms with Gasteiger partial charge in [0.2, 0.25) is 0 Å². The quantitative estimate of drug-likeness (QED) is 0.721. The molecule has 4 heteroatoms. The Morgan fingerprint density at radius 1 is 1.05 bits per heavy atom. The van der Waals surface area contributed by atoms with Gasteiger partial charge in [-0.15, -0.1) is 0 Å². The molecule has 1 fully saturated rings. The van der Waals surface area contributed by atoms with Gasteiger partial charge in [-0.3, -0.25) is 4.90 Å². The molecule has 0 amide bonds. The first-order valence-corrected chi connectivity index (χ1v) is 8.28. The molecule has 1 aliphatic heterocycles. The van der Waals surface area contributed by atoms with Crippen molar-refractivity contribution in [3.05, 3.63) is 34.4 Å². The van der Waals surface area contributed by atoms with Crippen LogP contribution in [0.1, 0.15) is 68.2 Å². The number of aryl methyl sites for hydroxylation is 1. The van der Waals surface area contributed by atoms with Crippen molar-refractivity contribution in [2.24, 2.45) is 0 Å². The van der Waals surface area contributed by atoms with E-state index in [0.29, 0.717) is 24.1 Å². The lowest BCUT2D eigenvalue weighted by Crippen LogP contribution is -2.30. The summed E-state index contributed by atoms with van der Waals surface area (Å²) in [6, 6.07) is 3.59. The predicted molar refractivity (Wildman–Crippen MR) is 84.0 cm³/mol. The molecule has 1 heterocycles. The van der Waals surface area contributed by atoms with Crippen molar-refractivity contribution in [1.82, 2.24) is 4.90 Å². The van der Waals surface area contributed by atoms with Crippen molar-refractivity contribution >= 4 is 0 Å². The van der Waals surface area contributed by atoms with Crippen LogP contribution in [0.4, 0.5) is 13.2 Å². The second-order valence-corrected chi connectivity index (χ2v) is 6.52. The number of rotatable bonds is 4. The first-order valence-electron chi connectivity index (χ1n) is 8.28. The van der Waals surface area contributed by atoms with E-state index < -0.39 is 6.18 Å². The Balaban J connectivity index is 2.46. The summed E-state index contributed by atoms with van der Waals surface area (Å²) in [6.07, 6.45) is -0.276. The third kappa shape index (κ3) is 3.83. The zero-order valence-electron chi connectivity index (χ0n) is 13.8. The van der Waals surface area contributed by atoms with Crippen LogP contribution in [0.2, 0.25) is 0 Å². The standard InChI is InChI=1S/C18H26F3N/c1-4-14-8-9-15(12-22-10-6-5-7-11-22)17(18(19,20)21)16(14)13(2)3/h8-9,13H,4-7,10-12H2,1-3H3. The predicted octanol–water partition coefficient (Wildman–Crippen LogP) is 5.38. The average molecular weight is 313 g/mol. The Bertz CT molecular complexity index is 500. The summed E-state index contributed by atoms with van der Waals surface area (Å²) in [6.45, 7) is 7.86. The maximum atomic E-state index is 13.7. The third-order valence-electron chi connectivity index (χ3n) is 4.51. The van der Waals surface area contributed by atoms with Gasteiger partial charge < -0.3 is 0 Å². The molecule has 1 aromatic carbocycles. The lowest BCUT2D eigenvalue weighted by atomic mass is 9.87. The van der Waals surface area contributed by atoms with E-state index in [-0.39, 0.29) is 11.5 Å². The lowest BCUT2D eigenvalue weighted by Gasteiger charge is -2.29. The second kappa shape index (κ2) is 7.03. The van der Waals surface area contributed by atoms with Crippen LogP contribution in [0.25, 0.3) is 0 Å². The molecule has 1 aliphatic rings. The second-order valence-electron chi connectivity index (χ2n) is 6.52. The average Bonchev–Trinajstić information content (AvgIpc) is 2.46. The summed E-state index contributed by atoms with van der Waals surface area (Å²) in [5, 5.41) is 0. The fourth-order valence-electron chi connectivity index (χ4n) is 3.50. The number of nitrogens with zero attached hydrogens (tertiary/aromatic N) is 1. The van der Waals surface area contributed by atoms with Crippen LogP contribution in [-0.4, -0.2) is 18.0 Å². The third-order valence-corrected chi connectivity index (χ3v) is 4.51. The first-order chi connectivity index (χ1) is 10.3. The smallest absolute Gasteiger partial charge is 0.299 e. The molecule has 124 valence electrons. The number of benzene rings is 1. The maximum Gasteiger partial charge on any atom is 0.417 e. The Hall–Kier alpha value is -1.03. The van der Waals surface area contributed by atoms with E-state index in [4.69, 9.17) is 0 Å². The first kappa shape index (κ1) is 17.3. The Kier molecular flexibility index (Phi) is 5.54. The van der Waals surface area contributed by atoms with Gasteiger partial charge >= 0.3 is 6.18 Å². The topological polar surface area (TPSA) is 3.24 Å². The number of hydrogen-bond donors (Lipinski definition) is 0. The summed E-state index contributed by atoms with van der Waals surface area (Å²) in [5.74, 6) is -0.118. The molecule has 0 bridgehead atoms. The van der Waals surface area contributed by atoms with E-state index in [1.807, 2.05) is 26.8 Å². The van der Waals surface area contributed by atoms with Crippen molar-refractivity contribution in [2.45, 2.75) is 65.1 Å². The largest absolute Gasteiger partial charge is 0.417 e. The van der Waals surface area contributed by atoms with Crippen LogP contribution in [0.15, 0.2) is 12.1 Å². The molecule has 0 radical (unpaired) electrons. The van der Waals surface area contributed by atoms with Gasteiger partial charge in [-0.1, -0.05) is 39.3 Å². The van der Waals surface area contributed by atoms with E-state index >= 15 is 0 Å². The molecule has 22 heavy (non-hydrogen) atoms. The SMILES string of the molecule is CCc1ccc(CN2CCCCC2)c(C(F)(F)F)c1C(C)C. The minimum Gasteiger partial charge on any atom is -0.299 e. The van der Waals surface area contributed by atoms with Crippen LogP contribution in [0.5, 0.6) is 0 Å². The normalized spacial score (nSPS) is 17.2. The fraction of sp³-hybridized carbons (Fsp3) is 0.667.